The Bertz CT molecular complexity index is 712. The first kappa shape index (κ1) is 12.6. The van der Waals surface area contributed by atoms with Gasteiger partial charge in [0.15, 0.2) is 11.5 Å². The van der Waals surface area contributed by atoms with Crippen LogP contribution in [-0.2, 0) is 6.54 Å². The summed E-state index contributed by atoms with van der Waals surface area (Å²) >= 11 is 0. The van der Waals surface area contributed by atoms with E-state index in [4.69, 9.17) is 0 Å². The van der Waals surface area contributed by atoms with Gasteiger partial charge < -0.3 is 10.3 Å². The van der Waals surface area contributed by atoms with Crippen LogP contribution in [0.5, 0.6) is 0 Å². The molecular formula is C13H17N7. The zero-order valence-corrected chi connectivity index (χ0v) is 11.6. The molecule has 20 heavy (non-hydrogen) atoms. The third-order valence-corrected chi connectivity index (χ3v) is 3.17. The lowest BCUT2D eigenvalue weighted by Crippen LogP contribution is -2.10. The average molecular weight is 271 g/mol. The van der Waals surface area contributed by atoms with Crippen molar-refractivity contribution in [1.82, 2.24) is 29.7 Å². The molecule has 3 heterocycles. The fourth-order valence-electron chi connectivity index (χ4n) is 2.24. The fourth-order valence-corrected chi connectivity index (χ4v) is 2.24. The number of aryl methyl sites for hydroxylation is 3. The van der Waals surface area contributed by atoms with Crippen molar-refractivity contribution in [3.8, 4) is 0 Å². The van der Waals surface area contributed by atoms with Crippen molar-refractivity contribution >= 4 is 17.0 Å². The van der Waals surface area contributed by atoms with Gasteiger partial charge in [-0.05, 0) is 26.3 Å². The maximum absolute atomic E-state index is 4.44. The first-order valence-electron chi connectivity index (χ1n) is 6.63. The lowest BCUT2D eigenvalue weighted by molar-refractivity contribution is 0.573. The number of fused-ring (bicyclic) bond motifs is 1. The maximum Gasteiger partial charge on any atom is 0.182 e. The molecule has 7 nitrogen and oxygen atoms in total. The zero-order chi connectivity index (χ0) is 13.9. The second-order valence-corrected chi connectivity index (χ2v) is 4.75. The smallest absolute Gasteiger partial charge is 0.182 e. The molecule has 7 heteroatoms. The highest BCUT2D eigenvalue weighted by atomic mass is 15.3. The van der Waals surface area contributed by atoms with Gasteiger partial charge in [0.1, 0.15) is 11.8 Å². The molecule has 0 fully saturated rings. The Kier molecular flexibility index (Phi) is 3.32. The van der Waals surface area contributed by atoms with Crippen LogP contribution < -0.4 is 5.32 Å². The SMILES string of the molecule is Cc1cc(C)n(CCCNc2ncnc3nc[nH]c23)n1. The van der Waals surface area contributed by atoms with Gasteiger partial charge in [-0.25, -0.2) is 15.0 Å². The van der Waals surface area contributed by atoms with Crippen LogP contribution >= 0.6 is 0 Å². The maximum atomic E-state index is 4.44. The number of rotatable bonds is 5. The van der Waals surface area contributed by atoms with Gasteiger partial charge in [0.2, 0.25) is 0 Å². The van der Waals surface area contributed by atoms with E-state index in [1.165, 1.54) is 12.0 Å². The number of anilines is 1. The molecule has 0 bridgehead atoms. The predicted octanol–water partition coefficient (Wildman–Crippen LogP) is 1.67. The second kappa shape index (κ2) is 5.28. The molecule has 0 saturated carbocycles. The van der Waals surface area contributed by atoms with Crippen LogP contribution in [0, 0.1) is 13.8 Å². The minimum atomic E-state index is 0.682. The Morgan fingerprint density at radius 2 is 2.15 bits per heavy atom. The van der Waals surface area contributed by atoms with Gasteiger partial charge in [-0.2, -0.15) is 5.10 Å². The first-order valence-corrected chi connectivity index (χ1v) is 6.63. The van der Waals surface area contributed by atoms with Crippen LogP contribution in [0.2, 0.25) is 0 Å². The summed E-state index contributed by atoms with van der Waals surface area (Å²) in [5.74, 6) is 0.792. The molecule has 0 aliphatic carbocycles. The van der Waals surface area contributed by atoms with Gasteiger partial charge in [0, 0.05) is 18.8 Å². The molecule has 3 rings (SSSR count). The summed E-state index contributed by atoms with van der Waals surface area (Å²) < 4.78 is 2.03. The van der Waals surface area contributed by atoms with Crippen molar-refractivity contribution < 1.29 is 0 Å². The van der Waals surface area contributed by atoms with Gasteiger partial charge in [0.25, 0.3) is 0 Å². The molecule has 0 radical (unpaired) electrons. The van der Waals surface area contributed by atoms with Crippen LogP contribution in [0.4, 0.5) is 5.82 Å². The number of nitrogens with one attached hydrogen (secondary N) is 2. The van der Waals surface area contributed by atoms with E-state index in [9.17, 15) is 0 Å². The van der Waals surface area contributed by atoms with Crippen LogP contribution in [0.3, 0.4) is 0 Å². The van der Waals surface area contributed by atoms with Gasteiger partial charge >= 0.3 is 0 Å². The van der Waals surface area contributed by atoms with Crippen LogP contribution in [0.1, 0.15) is 17.8 Å². The van der Waals surface area contributed by atoms with E-state index in [2.05, 4.69) is 43.3 Å². The molecule has 3 aromatic rings. The number of hydrogen-bond acceptors (Lipinski definition) is 5. The summed E-state index contributed by atoms with van der Waals surface area (Å²) in [5, 5.41) is 7.75. The van der Waals surface area contributed by atoms with E-state index < -0.39 is 0 Å². The van der Waals surface area contributed by atoms with E-state index in [0.717, 1.165) is 36.5 Å². The highest BCUT2D eigenvalue weighted by Crippen LogP contribution is 2.14. The number of hydrogen-bond donors (Lipinski definition) is 2. The minimum Gasteiger partial charge on any atom is -0.368 e. The standard InChI is InChI=1S/C13H17N7/c1-9-6-10(2)20(19-9)5-3-4-14-12-11-13(16-7-15-11)18-8-17-12/h6-8H,3-5H2,1-2H3,(H2,14,15,16,17,18). The number of H-pyrrole nitrogens is 1. The van der Waals surface area contributed by atoms with Crippen molar-refractivity contribution in [2.75, 3.05) is 11.9 Å². The Labute approximate surface area is 116 Å². The largest absolute Gasteiger partial charge is 0.368 e. The third-order valence-electron chi connectivity index (χ3n) is 3.17. The summed E-state index contributed by atoms with van der Waals surface area (Å²) in [6.45, 7) is 5.80. The molecular weight excluding hydrogens is 254 g/mol. The average Bonchev–Trinajstić information content (AvgIpc) is 3.01. The van der Waals surface area contributed by atoms with Crippen LogP contribution in [-0.4, -0.2) is 36.3 Å². The molecule has 3 aromatic heterocycles. The molecule has 2 N–H and O–H groups in total. The normalized spacial score (nSPS) is 11.1. The van der Waals surface area contributed by atoms with Gasteiger partial charge in [0.05, 0.1) is 12.0 Å². The van der Waals surface area contributed by atoms with Gasteiger partial charge in [-0.3, -0.25) is 4.68 Å². The van der Waals surface area contributed by atoms with Crippen LogP contribution in [0.15, 0.2) is 18.7 Å². The van der Waals surface area contributed by atoms with Crippen molar-refractivity contribution in [2.24, 2.45) is 0 Å². The van der Waals surface area contributed by atoms with E-state index in [1.807, 2.05) is 11.6 Å². The third kappa shape index (κ3) is 2.47. The Morgan fingerprint density at radius 3 is 2.95 bits per heavy atom. The highest BCUT2D eigenvalue weighted by molar-refractivity contribution is 5.81. The van der Waals surface area contributed by atoms with Gasteiger partial charge in [-0.15, -0.1) is 0 Å². The highest BCUT2D eigenvalue weighted by Gasteiger charge is 2.05. The molecule has 104 valence electrons. The lowest BCUT2D eigenvalue weighted by atomic mass is 10.3. The first-order chi connectivity index (χ1) is 9.74. The molecule has 0 aromatic carbocycles. The number of imidazole rings is 1. The number of nitrogens with zero attached hydrogens (tertiary/aromatic N) is 5. The van der Waals surface area contributed by atoms with Crippen molar-refractivity contribution in [3.63, 3.8) is 0 Å². The van der Waals surface area contributed by atoms with E-state index in [1.54, 1.807) is 6.33 Å². The summed E-state index contributed by atoms with van der Waals surface area (Å²) in [6.07, 6.45) is 4.12. The number of aromatic amines is 1. The van der Waals surface area contributed by atoms with E-state index in [-0.39, 0.29) is 0 Å². The zero-order valence-electron chi connectivity index (χ0n) is 11.6. The molecule has 0 atom stereocenters. The summed E-state index contributed by atoms with van der Waals surface area (Å²) in [7, 11) is 0. The Balaban J connectivity index is 1.58. The molecule has 0 aliphatic heterocycles. The molecule has 0 amide bonds. The summed E-state index contributed by atoms with van der Waals surface area (Å²) in [4.78, 5) is 15.5. The van der Waals surface area contributed by atoms with Crippen LogP contribution in [0.25, 0.3) is 11.2 Å². The van der Waals surface area contributed by atoms with E-state index in [0.29, 0.717) is 5.65 Å². The molecule has 0 saturated heterocycles. The molecule has 0 spiro atoms. The minimum absolute atomic E-state index is 0.682. The fraction of sp³-hybridized carbons (Fsp3) is 0.385. The van der Waals surface area contributed by atoms with Crippen molar-refractivity contribution in [3.05, 3.63) is 30.1 Å². The topological polar surface area (TPSA) is 84.3 Å². The lowest BCUT2D eigenvalue weighted by Gasteiger charge is -2.07. The molecule has 0 aliphatic rings. The second-order valence-electron chi connectivity index (χ2n) is 4.75. The number of aromatic nitrogens is 6. The van der Waals surface area contributed by atoms with E-state index >= 15 is 0 Å². The quantitative estimate of drug-likeness (QED) is 0.689. The predicted molar refractivity (Wildman–Crippen MR) is 76.5 cm³/mol. The monoisotopic (exact) mass is 271 g/mol. The molecule has 0 unspecified atom stereocenters. The van der Waals surface area contributed by atoms with Gasteiger partial charge in [-0.1, -0.05) is 0 Å². The summed E-state index contributed by atoms with van der Waals surface area (Å²) in [6, 6.07) is 2.09. The van der Waals surface area contributed by atoms with Crippen molar-refractivity contribution in [1.29, 1.82) is 0 Å². The Hall–Kier alpha value is -2.44. The summed E-state index contributed by atoms with van der Waals surface area (Å²) in [5.41, 5.74) is 3.78. The Morgan fingerprint density at radius 1 is 1.25 bits per heavy atom. The van der Waals surface area contributed by atoms with Crippen molar-refractivity contribution in [2.45, 2.75) is 26.8 Å².